The first-order valence-corrected chi connectivity index (χ1v) is 10.6. The highest BCUT2D eigenvalue weighted by molar-refractivity contribution is 7.21. The van der Waals surface area contributed by atoms with E-state index >= 15 is 0 Å². The highest BCUT2D eigenvalue weighted by Gasteiger charge is 2.15. The predicted molar refractivity (Wildman–Crippen MR) is 128 cm³/mol. The number of nitrogens with zero attached hydrogens (tertiary/aromatic N) is 2. The first-order chi connectivity index (χ1) is 14.9. The van der Waals surface area contributed by atoms with Crippen molar-refractivity contribution in [1.82, 2.24) is 4.98 Å². The van der Waals surface area contributed by atoms with Gasteiger partial charge in [-0.05, 0) is 67.1 Å². The maximum absolute atomic E-state index is 12.3. The Balaban J connectivity index is 1.42. The molecule has 0 saturated heterocycles. The number of aromatic nitrogens is 1. The normalized spacial score (nSPS) is 10.7. The van der Waals surface area contributed by atoms with E-state index in [0.717, 1.165) is 26.5 Å². The van der Waals surface area contributed by atoms with Gasteiger partial charge in [0.1, 0.15) is 5.01 Å². The van der Waals surface area contributed by atoms with Crippen molar-refractivity contribution in [3.05, 3.63) is 72.3 Å². The second-order valence-electron chi connectivity index (χ2n) is 7.42. The van der Waals surface area contributed by atoms with Gasteiger partial charge in [0, 0.05) is 36.7 Å². The van der Waals surface area contributed by atoms with Gasteiger partial charge in [-0.25, -0.2) is 4.98 Å². The van der Waals surface area contributed by atoms with Crippen LogP contribution in [0.5, 0.6) is 0 Å². The van der Waals surface area contributed by atoms with E-state index in [1.54, 1.807) is 35.6 Å². The number of rotatable bonds is 4. The number of hydrogen-bond donors (Lipinski definition) is 2. The summed E-state index contributed by atoms with van der Waals surface area (Å²) in [5.41, 5.74) is 5.17. The zero-order valence-electron chi connectivity index (χ0n) is 17.5. The van der Waals surface area contributed by atoms with Crippen LogP contribution in [0.25, 0.3) is 20.8 Å². The van der Waals surface area contributed by atoms with E-state index in [0.29, 0.717) is 11.4 Å². The Hall–Kier alpha value is -3.71. The molecule has 2 amide bonds. The number of carbonyl (C=O) groups excluding carboxylic acids is 2. The standard InChI is InChI=1S/C24H22N4O2S/c1-15-7-12-20-21(13-15)31-24(27-20)16-8-10-17(11-9-16)25-22(29)23(30)26-18-5-4-6-19(14-18)28(2)3/h4-14H,1-3H3,(H,25,29)(H,26,30). The van der Waals surface area contributed by atoms with Crippen LogP contribution in [0.2, 0.25) is 0 Å². The maximum atomic E-state index is 12.3. The molecule has 0 spiro atoms. The number of nitrogens with one attached hydrogen (secondary N) is 2. The third kappa shape index (κ3) is 4.73. The molecule has 0 fully saturated rings. The fraction of sp³-hybridized carbons (Fsp3) is 0.125. The molecule has 0 radical (unpaired) electrons. The van der Waals surface area contributed by atoms with Crippen molar-refractivity contribution in [3.8, 4) is 10.6 Å². The Morgan fingerprint density at radius 1 is 0.871 bits per heavy atom. The zero-order chi connectivity index (χ0) is 22.0. The molecule has 31 heavy (non-hydrogen) atoms. The topological polar surface area (TPSA) is 74.3 Å². The van der Waals surface area contributed by atoms with Crippen molar-refractivity contribution in [2.24, 2.45) is 0 Å². The molecule has 0 bridgehead atoms. The fourth-order valence-electron chi connectivity index (χ4n) is 3.09. The molecule has 7 heteroatoms. The second-order valence-corrected chi connectivity index (χ2v) is 8.45. The molecule has 0 saturated carbocycles. The number of thiazole rings is 1. The smallest absolute Gasteiger partial charge is 0.314 e. The van der Waals surface area contributed by atoms with E-state index < -0.39 is 11.8 Å². The largest absolute Gasteiger partial charge is 0.378 e. The summed E-state index contributed by atoms with van der Waals surface area (Å²) >= 11 is 1.63. The van der Waals surface area contributed by atoms with Crippen molar-refractivity contribution in [3.63, 3.8) is 0 Å². The highest BCUT2D eigenvalue weighted by atomic mass is 32.1. The summed E-state index contributed by atoms with van der Waals surface area (Å²) in [7, 11) is 3.82. The van der Waals surface area contributed by atoms with Gasteiger partial charge in [0.15, 0.2) is 0 Å². The van der Waals surface area contributed by atoms with Crippen LogP contribution >= 0.6 is 11.3 Å². The average Bonchev–Trinajstić information content (AvgIpc) is 3.17. The molecule has 6 nitrogen and oxygen atoms in total. The summed E-state index contributed by atoms with van der Waals surface area (Å²) in [6.45, 7) is 2.06. The molecular weight excluding hydrogens is 408 g/mol. The molecular formula is C24H22N4O2S. The van der Waals surface area contributed by atoms with Crippen LogP contribution in [0.4, 0.5) is 17.1 Å². The minimum absolute atomic E-state index is 0.544. The van der Waals surface area contributed by atoms with Crippen molar-refractivity contribution >= 4 is 50.4 Å². The lowest BCUT2D eigenvalue weighted by molar-refractivity contribution is -0.132. The van der Waals surface area contributed by atoms with Gasteiger partial charge in [-0.15, -0.1) is 11.3 Å². The quantitative estimate of drug-likeness (QED) is 0.451. The molecule has 3 aromatic carbocycles. The Morgan fingerprint density at radius 2 is 1.58 bits per heavy atom. The van der Waals surface area contributed by atoms with Crippen molar-refractivity contribution < 1.29 is 9.59 Å². The first-order valence-electron chi connectivity index (χ1n) is 9.76. The molecule has 1 heterocycles. The summed E-state index contributed by atoms with van der Waals surface area (Å²) in [5, 5.41) is 6.18. The maximum Gasteiger partial charge on any atom is 0.314 e. The van der Waals surface area contributed by atoms with Gasteiger partial charge in [0.05, 0.1) is 10.2 Å². The van der Waals surface area contributed by atoms with Crippen LogP contribution in [0.3, 0.4) is 0 Å². The van der Waals surface area contributed by atoms with Crippen molar-refractivity contribution in [2.75, 3.05) is 29.6 Å². The predicted octanol–water partition coefficient (Wildman–Crippen LogP) is 4.91. The minimum Gasteiger partial charge on any atom is -0.378 e. The van der Waals surface area contributed by atoms with E-state index in [2.05, 4.69) is 28.6 Å². The van der Waals surface area contributed by atoms with Crippen LogP contribution in [0.1, 0.15) is 5.56 Å². The van der Waals surface area contributed by atoms with Gasteiger partial charge in [-0.3, -0.25) is 9.59 Å². The van der Waals surface area contributed by atoms with E-state index in [-0.39, 0.29) is 0 Å². The van der Waals surface area contributed by atoms with E-state index in [1.165, 1.54) is 5.56 Å². The lowest BCUT2D eigenvalue weighted by Gasteiger charge is -2.14. The summed E-state index contributed by atoms with van der Waals surface area (Å²) in [5.74, 6) is -1.44. The lowest BCUT2D eigenvalue weighted by atomic mass is 10.2. The van der Waals surface area contributed by atoms with Gasteiger partial charge in [0.2, 0.25) is 0 Å². The van der Waals surface area contributed by atoms with Gasteiger partial charge in [-0.2, -0.15) is 0 Å². The molecule has 156 valence electrons. The van der Waals surface area contributed by atoms with Crippen LogP contribution < -0.4 is 15.5 Å². The number of carbonyl (C=O) groups is 2. The molecule has 4 rings (SSSR count). The Bertz CT molecular complexity index is 1260. The monoisotopic (exact) mass is 430 g/mol. The summed E-state index contributed by atoms with van der Waals surface area (Å²) in [6, 6.07) is 20.8. The van der Waals surface area contributed by atoms with Crippen LogP contribution in [0, 0.1) is 6.92 Å². The van der Waals surface area contributed by atoms with E-state index in [1.807, 2.05) is 55.4 Å². The fourth-order valence-corrected chi connectivity index (χ4v) is 4.16. The highest BCUT2D eigenvalue weighted by Crippen LogP contribution is 2.31. The summed E-state index contributed by atoms with van der Waals surface area (Å²) < 4.78 is 1.14. The minimum atomic E-state index is -0.724. The summed E-state index contributed by atoms with van der Waals surface area (Å²) in [6.07, 6.45) is 0. The molecule has 0 aliphatic carbocycles. The van der Waals surface area contributed by atoms with E-state index in [4.69, 9.17) is 0 Å². The van der Waals surface area contributed by atoms with Gasteiger partial charge >= 0.3 is 11.8 Å². The van der Waals surface area contributed by atoms with Crippen LogP contribution in [-0.4, -0.2) is 30.9 Å². The van der Waals surface area contributed by atoms with Crippen LogP contribution in [-0.2, 0) is 9.59 Å². The lowest BCUT2D eigenvalue weighted by Crippen LogP contribution is -2.29. The van der Waals surface area contributed by atoms with Crippen LogP contribution in [0.15, 0.2) is 66.7 Å². The number of anilines is 3. The number of aryl methyl sites for hydroxylation is 1. The molecule has 0 unspecified atom stereocenters. The second kappa shape index (κ2) is 8.57. The third-order valence-electron chi connectivity index (χ3n) is 4.76. The van der Waals surface area contributed by atoms with Gasteiger partial charge in [-0.1, -0.05) is 12.1 Å². The number of fused-ring (bicyclic) bond motifs is 1. The molecule has 4 aromatic rings. The number of hydrogen-bond acceptors (Lipinski definition) is 5. The van der Waals surface area contributed by atoms with E-state index in [9.17, 15) is 9.59 Å². The Labute approximate surface area is 184 Å². The Morgan fingerprint density at radius 3 is 2.29 bits per heavy atom. The first kappa shape index (κ1) is 20.6. The van der Waals surface area contributed by atoms with Gasteiger partial charge < -0.3 is 15.5 Å². The Kier molecular flexibility index (Phi) is 5.68. The molecule has 2 N–H and O–H groups in total. The van der Waals surface area contributed by atoms with Crippen molar-refractivity contribution in [1.29, 1.82) is 0 Å². The number of benzene rings is 3. The SMILES string of the molecule is Cc1ccc2nc(-c3ccc(NC(=O)C(=O)Nc4cccc(N(C)C)c4)cc3)sc2c1. The van der Waals surface area contributed by atoms with Gasteiger partial charge in [0.25, 0.3) is 0 Å². The third-order valence-corrected chi connectivity index (χ3v) is 5.83. The molecule has 0 aliphatic rings. The molecule has 0 aliphatic heterocycles. The zero-order valence-corrected chi connectivity index (χ0v) is 18.3. The van der Waals surface area contributed by atoms with Crippen molar-refractivity contribution in [2.45, 2.75) is 6.92 Å². The summed E-state index contributed by atoms with van der Waals surface area (Å²) in [4.78, 5) is 31.2. The average molecular weight is 431 g/mol. The number of amides is 2. The molecule has 0 atom stereocenters. The molecule has 1 aromatic heterocycles.